The van der Waals surface area contributed by atoms with Gasteiger partial charge in [0, 0.05) is 24.7 Å². The van der Waals surface area contributed by atoms with E-state index in [9.17, 15) is 14.4 Å². The molecular formula is C20H20N4O4. The number of nitrogens with one attached hydrogen (secondary N) is 1. The van der Waals surface area contributed by atoms with Crippen LogP contribution >= 0.6 is 0 Å². The van der Waals surface area contributed by atoms with E-state index in [2.05, 4.69) is 10.3 Å². The number of hydrogen-bond donors (Lipinski definition) is 2. The standard InChI is InChI=1S/C20H20N4O4/c1-13-4-2-7-16-19(13)22-12-24(20(16)27)9-8-18(26)23-14-5-3-6-15(10-14)28-11-17(21)25/h2-7,10,12H,8-9,11H2,1H3,(H2,21,25)(H,23,26). The molecule has 0 bridgehead atoms. The lowest BCUT2D eigenvalue weighted by atomic mass is 10.1. The van der Waals surface area contributed by atoms with Gasteiger partial charge in [-0.2, -0.15) is 0 Å². The molecule has 8 nitrogen and oxygen atoms in total. The highest BCUT2D eigenvalue weighted by atomic mass is 16.5. The number of benzene rings is 2. The minimum atomic E-state index is -0.584. The van der Waals surface area contributed by atoms with Gasteiger partial charge in [0.15, 0.2) is 6.61 Å². The maximum absolute atomic E-state index is 12.6. The number of carbonyl (C=O) groups is 2. The molecule has 3 rings (SSSR count). The van der Waals surface area contributed by atoms with E-state index in [0.29, 0.717) is 22.3 Å². The van der Waals surface area contributed by atoms with E-state index >= 15 is 0 Å². The lowest BCUT2D eigenvalue weighted by molar-refractivity contribution is -0.120. The summed E-state index contributed by atoms with van der Waals surface area (Å²) >= 11 is 0. The van der Waals surface area contributed by atoms with Gasteiger partial charge in [-0.1, -0.05) is 18.2 Å². The SMILES string of the molecule is Cc1cccc2c(=O)n(CCC(=O)Nc3cccc(OCC(N)=O)c3)cnc12. The lowest BCUT2D eigenvalue weighted by Gasteiger charge is -2.10. The number of nitrogens with two attached hydrogens (primary N) is 1. The smallest absolute Gasteiger partial charge is 0.261 e. The maximum atomic E-state index is 12.6. The van der Waals surface area contributed by atoms with E-state index in [1.807, 2.05) is 19.1 Å². The monoisotopic (exact) mass is 380 g/mol. The second-order valence-corrected chi connectivity index (χ2v) is 6.30. The van der Waals surface area contributed by atoms with Gasteiger partial charge in [-0.15, -0.1) is 0 Å². The Labute approximate surface area is 160 Å². The molecule has 3 N–H and O–H groups in total. The molecule has 0 unspecified atom stereocenters. The van der Waals surface area contributed by atoms with Gasteiger partial charge in [-0.05, 0) is 30.7 Å². The first-order chi connectivity index (χ1) is 13.4. The quantitative estimate of drug-likeness (QED) is 0.646. The second kappa shape index (κ2) is 8.34. The van der Waals surface area contributed by atoms with Crippen molar-refractivity contribution < 1.29 is 14.3 Å². The second-order valence-electron chi connectivity index (χ2n) is 6.30. The number of aromatic nitrogens is 2. The molecule has 8 heteroatoms. The zero-order valence-electron chi connectivity index (χ0n) is 15.3. The molecule has 0 saturated carbocycles. The molecule has 2 aromatic carbocycles. The number of hydrogen-bond acceptors (Lipinski definition) is 5. The molecule has 0 fully saturated rings. The minimum Gasteiger partial charge on any atom is -0.484 e. The first-order valence-corrected chi connectivity index (χ1v) is 8.70. The third-order valence-corrected chi connectivity index (χ3v) is 4.13. The summed E-state index contributed by atoms with van der Waals surface area (Å²) in [4.78, 5) is 39.9. The summed E-state index contributed by atoms with van der Waals surface area (Å²) in [7, 11) is 0. The number of carbonyl (C=O) groups excluding carboxylic acids is 2. The Hall–Kier alpha value is -3.68. The van der Waals surface area contributed by atoms with Crippen molar-refractivity contribution in [1.82, 2.24) is 9.55 Å². The maximum Gasteiger partial charge on any atom is 0.261 e. The fourth-order valence-electron chi connectivity index (χ4n) is 2.76. The number of nitrogens with zero attached hydrogens (tertiary/aromatic N) is 2. The van der Waals surface area contributed by atoms with Gasteiger partial charge in [0.05, 0.1) is 17.2 Å². The van der Waals surface area contributed by atoms with E-state index in [1.165, 1.54) is 10.9 Å². The number of aryl methyl sites for hydroxylation is 2. The van der Waals surface area contributed by atoms with E-state index in [0.717, 1.165) is 5.56 Å². The third kappa shape index (κ3) is 4.53. The molecule has 0 spiro atoms. The number of amides is 2. The fourth-order valence-corrected chi connectivity index (χ4v) is 2.76. The van der Waals surface area contributed by atoms with Gasteiger partial charge in [0.1, 0.15) is 5.75 Å². The van der Waals surface area contributed by atoms with Gasteiger partial charge in [-0.25, -0.2) is 4.98 Å². The Morgan fingerprint density at radius 1 is 1.21 bits per heavy atom. The van der Waals surface area contributed by atoms with Crippen LogP contribution < -0.4 is 21.3 Å². The van der Waals surface area contributed by atoms with Crippen molar-refractivity contribution >= 4 is 28.4 Å². The summed E-state index contributed by atoms with van der Waals surface area (Å²) < 4.78 is 6.63. The van der Waals surface area contributed by atoms with Gasteiger partial charge in [0.25, 0.3) is 11.5 Å². The van der Waals surface area contributed by atoms with Crippen molar-refractivity contribution in [3.63, 3.8) is 0 Å². The van der Waals surface area contributed by atoms with Gasteiger partial charge in [-0.3, -0.25) is 19.0 Å². The molecule has 0 aliphatic carbocycles. The summed E-state index contributed by atoms with van der Waals surface area (Å²) in [6.45, 7) is 1.86. The summed E-state index contributed by atoms with van der Waals surface area (Å²) in [5, 5.41) is 3.26. The first kappa shape index (κ1) is 19.1. The molecule has 0 atom stereocenters. The molecule has 144 valence electrons. The largest absolute Gasteiger partial charge is 0.484 e. The van der Waals surface area contributed by atoms with Crippen LogP contribution in [0.15, 0.2) is 53.6 Å². The third-order valence-electron chi connectivity index (χ3n) is 4.13. The molecule has 28 heavy (non-hydrogen) atoms. The predicted octanol–water partition coefficient (Wildman–Crippen LogP) is 1.60. The topological polar surface area (TPSA) is 116 Å². The van der Waals surface area contributed by atoms with Gasteiger partial charge in [0.2, 0.25) is 5.91 Å². The number of primary amides is 1. The van der Waals surface area contributed by atoms with Crippen LogP contribution in [0.4, 0.5) is 5.69 Å². The van der Waals surface area contributed by atoms with Crippen molar-refractivity contribution in [3.8, 4) is 5.75 Å². The Morgan fingerprint density at radius 3 is 2.79 bits per heavy atom. The number of anilines is 1. The zero-order chi connectivity index (χ0) is 20.1. The Balaban J connectivity index is 1.64. The van der Waals surface area contributed by atoms with Crippen molar-refractivity contribution in [1.29, 1.82) is 0 Å². The summed E-state index contributed by atoms with van der Waals surface area (Å²) in [5.74, 6) is -0.427. The van der Waals surface area contributed by atoms with Gasteiger partial charge >= 0.3 is 0 Å². The summed E-state index contributed by atoms with van der Waals surface area (Å²) in [6, 6.07) is 12.1. The van der Waals surface area contributed by atoms with Crippen LogP contribution in [0.3, 0.4) is 0 Å². The van der Waals surface area contributed by atoms with Crippen molar-refractivity contribution in [3.05, 3.63) is 64.7 Å². The Bertz CT molecular complexity index is 1090. The van der Waals surface area contributed by atoms with E-state index in [4.69, 9.17) is 10.5 Å². The van der Waals surface area contributed by atoms with Crippen LogP contribution in [0.5, 0.6) is 5.75 Å². The van der Waals surface area contributed by atoms with Crippen molar-refractivity contribution in [2.45, 2.75) is 19.9 Å². The molecule has 1 aromatic heterocycles. The summed E-state index contributed by atoms with van der Waals surface area (Å²) in [6.07, 6.45) is 1.56. The van der Waals surface area contributed by atoms with Crippen LogP contribution in [0.2, 0.25) is 0 Å². The molecule has 0 saturated heterocycles. The number of para-hydroxylation sites is 1. The number of rotatable bonds is 7. The van der Waals surface area contributed by atoms with E-state index in [1.54, 1.807) is 30.3 Å². The normalized spacial score (nSPS) is 10.6. The zero-order valence-corrected chi connectivity index (χ0v) is 15.3. The Kier molecular flexibility index (Phi) is 5.69. The van der Waals surface area contributed by atoms with Crippen LogP contribution in [0.1, 0.15) is 12.0 Å². The molecule has 3 aromatic rings. The number of fused-ring (bicyclic) bond motifs is 1. The number of ether oxygens (including phenoxy) is 1. The molecule has 0 aliphatic heterocycles. The molecule has 0 aliphatic rings. The van der Waals surface area contributed by atoms with Crippen LogP contribution in [-0.4, -0.2) is 28.0 Å². The first-order valence-electron chi connectivity index (χ1n) is 8.70. The predicted molar refractivity (Wildman–Crippen MR) is 105 cm³/mol. The average molecular weight is 380 g/mol. The van der Waals surface area contributed by atoms with E-state index < -0.39 is 5.91 Å². The molecule has 1 heterocycles. The highest BCUT2D eigenvalue weighted by Gasteiger charge is 2.09. The van der Waals surface area contributed by atoms with Crippen molar-refractivity contribution in [2.24, 2.45) is 5.73 Å². The molecule has 2 amide bonds. The average Bonchev–Trinajstić information content (AvgIpc) is 2.67. The van der Waals surface area contributed by atoms with Crippen LogP contribution in [0.25, 0.3) is 10.9 Å². The van der Waals surface area contributed by atoms with Gasteiger partial charge < -0.3 is 15.8 Å². The van der Waals surface area contributed by atoms with Crippen LogP contribution in [0, 0.1) is 6.92 Å². The van der Waals surface area contributed by atoms with E-state index in [-0.39, 0.29) is 31.0 Å². The summed E-state index contributed by atoms with van der Waals surface area (Å²) in [5.41, 5.74) is 6.98. The van der Waals surface area contributed by atoms with Crippen molar-refractivity contribution in [2.75, 3.05) is 11.9 Å². The molecule has 0 radical (unpaired) electrons. The lowest BCUT2D eigenvalue weighted by Crippen LogP contribution is -2.24. The Morgan fingerprint density at radius 2 is 2.00 bits per heavy atom. The highest BCUT2D eigenvalue weighted by Crippen LogP contribution is 2.17. The van der Waals surface area contributed by atoms with Crippen LogP contribution in [-0.2, 0) is 16.1 Å². The minimum absolute atomic E-state index is 0.102. The highest BCUT2D eigenvalue weighted by molar-refractivity contribution is 5.90. The molecular weight excluding hydrogens is 360 g/mol. The fraction of sp³-hybridized carbons (Fsp3) is 0.200.